The lowest BCUT2D eigenvalue weighted by molar-refractivity contribution is 0.693. The van der Waals surface area contributed by atoms with E-state index in [1.54, 1.807) is 10.4 Å². The van der Waals surface area contributed by atoms with E-state index in [2.05, 4.69) is 23.8 Å². The molecule has 23 heavy (non-hydrogen) atoms. The molecule has 2 N–H and O–H groups in total. The van der Waals surface area contributed by atoms with Crippen LogP contribution in [0.5, 0.6) is 0 Å². The molecule has 1 spiro atoms. The number of hydrogen-bond acceptors (Lipinski definition) is 3. The molecular weight excluding hydrogens is 300 g/mol. The average Bonchev–Trinajstić information content (AvgIpc) is 3.42. The van der Waals surface area contributed by atoms with E-state index in [9.17, 15) is 0 Å². The van der Waals surface area contributed by atoms with Crippen LogP contribution in [0.25, 0.3) is 5.70 Å². The highest BCUT2D eigenvalue weighted by atomic mass is 32.1. The first-order chi connectivity index (χ1) is 11.2. The van der Waals surface area contributed by atoms with Crippen molar-refractivity contribution in [2.75, 3.05) is 5.32 Å². The van der Waals surface area contributed by atoms with Crippen molar-refractivity contribution in [1.82, 2.24) is 5.32 Å². The van der Waals surface area contributed by atoms with Gasteiger partial charge in [0.1, 0.15) is 5.00 Å². The summed E-state index contributed by atoms with van der Waals surface area (Å²) in [6.07, 6.45) is 11.9. The van der Waals surface area contributed by atoms with Crippen molar-refractivity contribution in [3.8, 4) is 0 Å². The molecule has 1 heterocycles. The van der Waals surface area contributed by atoms with Gasteiger partial charge in [-0.1, -0.05) is 13.2 Å². The minimum atomic E-state index is 0.671. The van der Waals surface area contributed by atoms with E-state index in [1.807, 2.05) is 11.3 Å². The molecule has 0 amide bonds. The highest BCUT2D eigenvalue weighted by Gasteiger charge is 2.63. The van der Waals surface area contributed by atoms with Gasteiger partial charge in [-0.3, -0.25) is 0 Å². The van der Waals surface area contributed by atoms with E-state index in [1.165, 1.54) is 74.0 Å². The second-order valence-electron chi connectivity index (χ2n) is 8.08. The molecule has 3 fully saturated rings. The van der Waals surface area contributed by atoms with Crippen molar-refractivity contribution in [2.24, 2.45) is 11.3 Å². The number of thiophene rings is 1. The van der Waals surface area contributed by atoms with E-state index in [0.29, 0.717) is 17.4 Å². The molecule has 4 aliphatic carbocycles. The van der Waals surface area contributed by atoms with Crippen LogP contribution in [0.1, 0.15) is 60.9 Å². The molecule has 0 bridgehead atoms. The van der Waals surface area contributed by atoms with Gasteiger partial charge in [0.15, 0.2) is 0 Å². The van der Waals surface area contributed by atoms with Gasteiger partial charge in [-0.25, -0.2) is 0 Å². The van der Waals surface area contributed by atoms with Gasteiger partial charge in [0.05, 0.1) is 0 Å². The molecule has 0 aromatic carbocycles. The number of anilines is 1. The van der Waals surface area contributed by atoms with E-state index in [-0.39, 0.29) is 0 Å². The standard InChI is InChI=1S/C20H26N2S/c1-12(14-7-8-14)22-19-18(15-5-3-4-6-16(15)23-19)13(2)21-17-11-20(17)9-10-20/h14,17,21-22H,1-11H2. The Morgan fingerprint density at radius 3 is 2.61 bits per heavy atom. The minimum Gasteiger partial charge on any atom is -0.382 e. The molecule has 3 saturated carbocycles. The Labute approximate surface area is 143 Å². The Bertz CT molecular complexity index is 691. The molecule has 1 unspecified atom stereocenters. The van der Waals surface area contributed by atoms with E-state index in [0.717, 1.165) is 5.70 Å². The maximum atomic E-state index is 4.43. The largest absolute Gasteiger partial charge is 0.382 e. The predicted octanol–water partition coefficient (Wildman–Crippen LogP) is 5.08. The molecule has 5 rings (SSSR count). The van der Waals surface area contributed by atoms with Crippen molar-refractivity contribution >= 4 is 22.0 Å². The summed E-state index contributed by atoms with van der Waals surface area (Å²) < 4.78 is 0. The van der Waals surface area contributed by atoms with Crippen molar-refractivity contribution in [3.05, 3.63) is 34.9 Å². The van der Waals surface area contributed by atoms with E-state index < -0.39 is 0 Å². The summed E-state index contributed by atoms with van der Waals surface area (Å²) in [5, 5.41) is 8.73. The molecule has 2 nitrogen and oxygen atoms in total. The van der Waals surface area contributed by atoms with Gasteiger partial charge >= 0.3 is 0 Å². The predicted molar refractivity (Wildman–Crippen MR) is 98.7 cm³/mol. The fraction of sp³-hybridized carbons (Fsp3) is 0.600. The van der Waals surface area contributed by atoms with Crippen molar-refractivity contribution in [1.29, 1.82) is 0 Å². The third-order valence-electron chi connectivity index (χ3n) is 6.25. The second kappa shape index (κ2) is 4.89. The van der Waals surface area contributed by atoms with Crippen LogP contribution in [0.3, 0.4) is 0 Å². The quantitative estimate of drug-likeness (QED) is 0.762. The van der Waals surface area contributed by atoms with Gasteiger partial charge in [0.25, 0.3) is 0 Å². The summed E-state index contributed by atoms with van der Waals surface area (Å²) in [7, 11) is 0. The number of allylic oxidation sites excluding steroid dienone is 1. The van der Waals surface area contributed by atoms with Gasteiger partial charge in [0.2, 0.25) is 0 Å². The third kappa shape index (κ3) is 2.44. The Morgan fingerprint density at radius 1 is 1.13 bits per heavy atom. The Hall–Kier alpha value is -1.22. The number of nitrogens with one attached hydrogen (secondary N) is 2. The molecule has 1 aromatic rings. The maximum absolute atomic E-state index is 4.43. The minimum absolute atomic E-state index is 0.671. The average molecular weight is 327 g/mol. The molecule has 0 radical (unpaired) electrons. The van der Waals surface area contributed by atoms with Gasteiger partial charge in [-0.2, -0.15) is 0 Å². The molecule has 1 atom stereocenters. The molecule has 3 heteroatoms. The summed E-state index contributed by atoms with van der Waals surface area (Å²) in [5.74, 6) is 0.696. The Kier molecular flexibility index (Phi) is 3.01. The van der Waals surface area contributed by atoms with Gasteiger partial charge < -0.3 is 10.6 Å². The topological polar surface area (TPSA) is 24.1 Å². The Balaban J connectivity index is 1.42. The summed E-state index contributed by atoms with van der Waals surface area (Å²) in [4.78, 5) is 1.58. The molecular formula is C20H26N2S. The van der Waals surface area contributed by atoms with Crippen LogP contribution in [-0.4, -0.2) is 6.04 Å². The van der Waals surface area contributed by atoms with Crippen LogP contribution in [-0.2, 0) is 12.8 Å². The zero-order valence-corrected chi connectivity index (χ0v) is 14.7. The summed E-state index contributed by atoms with van der Waals surface area (Å²) in [5.41, 5.74) is 5.99. The number of fused-ring (bicyclic) bond motifs is 1. The van der Waals surface area contributed by atoms with Crippen LogP contribution in [0, 0.1) is 11.3 Å². The highest BCUT2D eigenvalue weighted by Crippen LogP contribution is 2.66. The van der Waals surface area contributed by atoms with Crippen LogP contribution in [0.2, 0.25) is 0 Å². The van der Waals surface area contributed by atoms with Gasteiger partial charge in [-0.05, 0) is 74.7 Å². The molecule has 1 aromatic heterocycles. The lowest BCUT2D eigenvalue weighted by atomic mass is 9.94. The summed E-state index contributed by atoms with van der Waals surface area (Å²) >= 11 is 1.95. The first kappa shape index (κ1) is 14.2. The van der Waals surface area contributed by atoms with Gasteiger partial charge in [-0.15, -0.1) is 11.3 Å². The SMILES string of the molecule is C=C(NC1CC12CC2)c1c(NC(=C)C2CC2)sc2c1CCCC2. The highest BCUT2D eigenvalue weighted by molar-refractivity contribution is 7.16. The number of rotatable bonds is 6. The van der Waals surface area contributed by atoms with Crippen LogP contribution >= 0.6 is 11.3 Å². The molecule has 0 saturated heterocycles. The van der Waals surface area contributed by atoms with Crippen molar-refractivity contribution in [3.63, 3.8) is 0 Å². The van der Waals surface area contributed by atoms with E-state index >= 15 is 0 Å². The van der Waals surface area contributed by atoms with Crippen molar-refractivity contribution < 1.29 is 0 Å². The van der Waals surface area contributed by atoms with E-state index in [4.69, 9.17) is 0 Å². The zero-order valence-electron chi connectivity index (χ0n) is 13.8. The smallest absolute Gasteiger partial charge is 0.102 e. The fourth-order valence-corrected chi connectivity index (χ4v) is 5.55. The van der Waals surface area contributed by atoms with Crippen LogP contribution in [0.15, 0.2) is 18.9 Å². The lowest BCUT2D eigenvalue weighted by Gasteiger charge is -2.17. The van der Waals surface area contributed by atoms with Crippen molar-refractivity contribution in [2.45, 2.75) is 63.8 Å². The molecule has 122 valence electrons. The third-order valence-corrected chi connectivity index (χ3v) is 7.45. The number of aryl methyl sites for hydroxylation is 1. The molecule has 4 aliphatic rings. The Morgan fingerprint density at radius 2 is 1.91 bits per heavy atom. The number of hydrogen-bond donors (Lipinski definition) is 2. The fourth-order valence-electron chi connectivity index (χ4n) is 4.20. The first-order valence-corrected chi connectivity index (χ1v) is 10.0. The zero-order chi connectivity index (χ0) is 15.6. The second-order valence-corrected chi connectivity index (χ2v) is 9.19. The first-order valence-electron chi connectivity index (χ1n) is 9.22. The summed E-state index contributed by atoms with van der Waals surface area (Å²) in [6.45, 7) is 8.70. The maximum Gasteiger partial charge on any atom is 0.102 e. The monoisotopic (exact) mass is 326 g/mol. The van der Waals surface area contributed by atoms with Gasteiger partial charge in [0, 0.05) is 27.9 Å². The molecule has 0 aliphatic heterocycles. The summed E-state index contributed by atoms with van der Waals surface area (Å²) in [6, 6.07) is 0.689. The normalized spacial score (nSPS) is 26.5. The van der Waals surface area contributed by atoms with Crippen LogP contribution in [0.4, 0.5) is 5.00 Å². The van der Waals surface area contributed by atoms with Crippen LogP contribution < -0.4 is 10.6 Å². The lowest BCUT2D eigenvalue weighted by Crippen LogP contribution is -2.18.